The lowest BCUT2D eigenvalue weighted by molar-refractivity contribution is 0.238. The lowest BCUT2D eigenvalue weighted by atomic mass is 10.1. The molecule has 1 aliphatic heterocycles. The first kappa shape index (κ1) is 20.0. The van der Waals surface area contributed by atoms with Crippen LogP contribution in [0.25, 0.3) is 0 Å². The first-order valence-corrected chi connectivity index (χ1v) is 10.1. The highest BCUT2D eigenvalue weighted by molar-refractivity contribution is 6.32. The monoisotopic (exact) mass is 388 g/mol. The molecule has 1 atom stereocenters. The molecule has 1 N–H and O–H groups in total. The molecule has 0 aliphatic carbocycles. The largest absolute Gasteiger partial charge is 0.491 e. The number of likely N-dealkylation sites (tertiary alicyclic amines) is 1. The van der Waals surface area contributed by atoms with E-state index in [2.05, 4.69) is 40.5 Å². The summed E-state index contributed by atoms with van der Waals surface area (Å²) in [5.41, 5.74) is 2.46. The Morgan fingerprint density at radius 3 is 2.56 bits per heavy atom. The predicted octanol–water partition coefficient (Wildman–Crippen LogP) is 4.67. The van der Waals surface area contributed by atoms with Crippen LogP contribution in [-0.2, 0) is 6.54 Å². The number of hydrogen-bond acceptors (Lipinski definition) is 4. The van der Waals surface area contributed by atoms with E-state index in [9.17, 15) is 0 Å². The summed E-state index contributed by atoms with van der Waals surface area (Å²) < 4.78 is 11.0. The van der Waals surface area contributed by atoms with Gasteiger partial charge in [-0.1, -0.05) is 41.9 Å². The van der Waals surface area contributed by atoms with Gasteiger partial charge in [0.15, 0.2) is 11.5 Å². The van der Waals surface area contributed by atoms with Gasteiger partial charge in [0.2, 0.25) is 0 Å². The maximum atomic E-state index is 6.37. The van der Waals surface area contributed by atoms with Gasteiger partial charge in [0.1, 0.15) is 0 Å². The Kier molecular flexibility index (Phi) is 7.39. The fourth-order valence-corrected chi connectivity index (χ4v) is 4.03. The third-order valence-corrected chi connectivity index (χ3v) is 5.29. The smallest absolute Gasteiger partial charge is 0.179 e. The molecule has 0 spiro atoms. The van der Waals surface area contributed by atoms with Crippen molar-refractivity contribution in [2.24, 2.45) is 0 Å². The minimum Gasteiger partial charge on any atom is -0.491 e. The van der Waals surface area contributed by atoms with Crippen LogP contribution in [0, 0.1) is 0 Å². The number of rotatable bonds is 9. The molecule has 2 aromatic carbocycles. The summed E-state index contributed by atoms with van der Waals surface area (Å²) in [4.78, 5) is 2.58. The van der Waals surface area contributed by atoms with Gasteiger partial charge in [-0.3, -0.25) is 4.90 Å². The number of nitrogens with zero attached hydrogens (tertiary/aromatic N) is 1. The fourth-order valence-electron chi connectivity index (χ4n) is 3.72. The minimum absolute atomic E-state index is 0.397. The van der Waals surface area contributed by atoms with Crippen molar-refractivity contribution >= 4 is 11.6 Å². The Bertz CT molecular complexity index is 718. The van der Waals surface area contributed by atoms with E-state index in [-0.39, 0.29) is 0 Å². The summed E-state index contributed by atoms with van der Waals surface area (Å²) in [5.74, 6) is 1.30. The molecule has 0 bridgehead atoms. The number of hydrogen-bond donors (Lipinski definition) is 1. The highest BCUT2D eigenvalue weighted by Gasteiger charge is 2.23. The lowest BCUT2D eigenvalue weighted by Crippen LogP contribution is -2.34. The van der Waals surface area contributed by atoms with E-state index in [0.29, 0.717) is 29.2 Å². The average molecular weight is 389 g/mol. The van der Waals surface area contributed by atoms with E-state index < -0.39 is 0 Å². The van der Waals surface area contributed by atoms with Crippen LogP contribution in [0.2, 0.25) is 5.02 Å². The molecule has 1 heterocycles. The van der Waals surface area contributed by atoms with Crippen molar-refractivity contribution in [1.82, 2.24) is 10.2 Å². The summed E-state index contributed by atoms with van der Waals surface area (Å²) in [6.07, 6.45) is 2.57. The standard InChI is InChI=1S/C22H29ClN2O2/c1-3-27-21-14-17(13-19(23)22(21)26-2)15-24-16-20(25-11-7-8-12-25)18-9-5-4-6-10-18/h4-6,9-10,13-14,20,24H,3,7-8,11-12,15-16H2,1-2H3. The molecule has 1 unspecified atom stereocenters. The summed E-state index contributed by atoms with van der Waals surface area (Å²) in [6.45, 7) is 6.51. The second-order valence-corrected chi connectivity index (χ2v) is 7.25. The van der Waals surface area contributed by atoms with Gasteiger partial charge >= 0.3 is 0 Å². The van der Waals surface area contributed by atoms with Gasteiger partial charge in [-0.25, -0.2) is 0 Å². The average Bonchev–Trinajstić information content (AvgIpc) is 3.20. The summed E-state index contributed by atoms with van der Waals surface area (Å²) >= 11 is 6.37. The molecule has 5 heteroatoms. The third kappa shape index (κ3) is 5.16. The highest BCUT2D eigenvalue weighted by Crippen LogP contribution is 2.36. The Labute approximate surface area is 167 Å². The second kappa shape index (κ2) is 9.98. The van der Waals surface area contributed by atoms with Crippen LogP contribution in [0.15, 0.2) is 42.5 Å². The number of benzene rings is 2. The molecular weight excluding hydrogens is 360 g/mol. The summed E-state index contributed by atoms with van der Waals surface area (Å²) in [7, 11) is 1.61. The molecule has 3 rings (SSSR count). The quantitative estimate of drug-likeness (QED) is 0.676. The maximum absolute atomic E-state index is 6.37. The zero-order valence-corrected chi connectivity index (χ0v) is 17.0. The molecule has 0 amide bonds. The number of methoxy groups -OCH3 is 1. The van der Waals surface area contributed by atoms with Crippen LogP contribution in [0.1, 0.15) is 36.9 Å². The molecule has 1 saturated heterocycles. The van der Waals surface area contributed by atoms with Crippen LogP contribution < -0.4 is 14.8 Å². The Morgan fingerprint density at radius 1 is 1.15 bits per heavy atom. The minimum atomic E-state index is 0.397. The third-order valence-electron chi connectivity index (χ3n) is 5.01. The van der Waals surface area contributed by atoms with Gasteiger partial charge < -0.3 is 14.8 Å². The normalized spacial score (nSPS) is 15.7. The topological polar surface area (TPSA) is 33.7 Å². The molecule has 0 aromatic heterocycles. The van der Waals surface area contributed by atoms with Crippen molar-refractivity contribution in [3.05, 3.63) is 58.6 Å². The Balaban J connectivity index is 1.68. The van der Waals surface area contributed by atoms with Gasteiger partial charge in [-0.05, 0) is 56.1 Å². The molecule has 27 heavy (non-hydrogen) atoms. The summed E-state index contributed by atoms with van der Waals surface area (Å²) in [6, 6.07) is 15.1. The van der Waals surface area contributed by atoms with E-state index in [4.69, 9.17) is 21.1 Å². The van der Waals surface area contributed by atoms with Crippen LogP contribution >= 0.6 is 11.6 Å². The van der Waals surface area contributed by atoms with Gasteiger partial charge in [0.05, 0.1) is 18.7 Å². The first-order valence-electron chi connectivity index (χ1n) is 9.71. The number of nitrogens with one attached hydrogen (secondary N) is 1. The molecule has 146 valence electrons. The van der Waals surface area contributed by atoms with Crippen molar-refractivity contribution in [2.45, 2.75) is 32.4 Å². The van der Waals surface area contributed by atoms with Gasteiger partial charge in [0.25, 0.3) is 0 Å². The fraction of sp³-hybridized carbons (Fsp3) is 0.455. The van der Waals surface area contributed by atoms with Crippen molar-refractivity contribution < 1.29 is 9.47 Å². The van der Waals surface area contributed by atoms with Crippen LogP contribution in [0.3, 0.4) is 0 Å². The first-order chi connectivity index (χ1) is 13.2. The van der Waals surface area contributed by atoms with Gasteiger partial charge in [0, 0.05) is 19.1 Å². The molecule has 4 nitrogen and oxygen atoms in total. The van der Waals surface area contributed by atoms with Gasteiger partial charge in [-0.2, -0.15) is 0 Å². The van der Waals surface area contributed by atoms with Crippen LogP contribution in [0.4, 0.5) is 0 Å². The zero-order chi connectivity index (χ0) is 19.1. The van der Waals surface area contributed by atoms with E-state index in [1.165, 1.54) is 31.5 Å². The van der Waals surface area contributed by atoms with Crippen molar-refractivity contribution in [2.75, 3.05) is 33.4 Å². The molecule has 1 aliphatic rings. The molecule has 1 fully saturated rings. The summed E-state index contributed by atoms with van der Waals surface area (Å²) in [5, 5.41) is 4.20. The number of ether oxygens (including phenoxy) is 2. The van der Waals surface area contributed by atoms with Crippen LogP contribution in [0.5, 0.6) is 11.5 Å². The Morgan fingerprint density at radius 2 is 1.89 bits per heavy atom. The zero-order valence-electron chi connectivity index (χ0n) is 16.2. The van der Waals surface area contributed by atoms with E-state index in [0.717, 1.165) is 18.7 Å². The molecule has 2 aromatic rings. The van der Waals surface area contributed by atoms with E-state index in [1.54, 1.807) is 7.11 Å². The second-order valence-electron chi connectivity index (χ2n) is 6.84. The number of halogens is 1. The van der Waals surface area contributed by atoms with E-state index in [1.807, 2.05) is 19.1 Å². The SMILES string of the molecule is CCOc1cc(CNCC(c2ccccc2)N2CCCC2)cc(Cl)c1OC. The van der Waals surface area contributed by atoms with Crippen molar-refractivity contribution in [1.29, 1.82) is 0 Å². The molecular formula is C22H29ClN2O2. The van der Waals surface area contributed by atoms with Crippen molar-refractivity contribution in [3.8, 4) is 11.5 Å². The predicted molar refractivity (Wildman–Crippen MR) is 111 cm³/mol. The molecule has 0 saturated carbocycles. The molecule has 0 radical (unpaired) electrons. The highest BCUT2D eigenvalue weighted by atomic mass is 35.5. The van der Waals surface area contributed by atoms with Gasteiger partial charge in [-0.15, -0.1) is 0 Å². The van der Waals surface area contributed by atoms with Crippen molar-refractivity contribution in [3.63, 3.8) is 0 Å². The maximum Gasteiger partial charge on any atom is 0.179 e. The van der Waals surface area contributed by atoms with E-state index >= 15 is 0 Å². The Hall–Kier alpha value is -1.75. The van der Waals surface area contributed by atoms with Crippen LogP contribution in [-0.4, -0.2) is 38.3 Å². The lowest BCUT2D eigenvalue weighted by Gasteiger charge is -2.28.